The maximum absolute atomic E-state index is 13.2. The molecule has 1 aromatic carbocycles. The number of methoxy groups -OCH3 is 1. The number of benzene rings is 1. The molecule has 0 aliphatic heterocycles. The van der Waals surface area contributed by atoms with Gasteiger partial charge in [-0.3, -0.25) is 4.79 Å². The summed E-state index contributed by atoms with van der Waals surface area (Å²) in [4.78, 5) is 12.7. The number of ether oxygens (including phenoxy) is 1. The van der Waals surface area contributed by atoms with Gasteiger partial charge < -0.3 is 4.74 Å². The molecule has 0 amide bonds. The minimum atomic E-state index is -0.454. The van der Waals surface area contributed by atoms with Gasteiger partial charge in [0.25, 0.3) is 0 Å². The Bertz CT molecular complexity index is 565. The molecule has 0 N–H and O–H groups in total. The molecule has 2 nitrogen and oxygen atoms in total. The van der Waals surface area contributed by atoms with E-state index in [0.717, 1.165) is 4.47 Å². The first-order valence-corrected chi connectivity index (χ1v) is 6.41. The van der Waals surface area contributed by atoms with Gasteiger partial charge >= 0.3 is 0 Å². The van der Waals surface area contributed by atoms with E-state index in [1.807, 2.05) is 0 Å². The van der Waals surface area contributed by atoms with E-state index >= 15 is 0 Å². The second-order valence-corrected chi connectivity index (χ2v) is 5.13. The van der Waals surface area contributed by atoms with Crippen LogP contribution in [0.2, 0.25) is 0 Å². The van der Waals surface area contributed by atoms with Crippen LogP contribution in [0.4, 0.5) is 4.39 Å². The summed E-state index contributed by atoms with van der Waals surface area (Å²) >= 11 is 4.58. The molecule has 0 bridgehead atoms. The van der Waals surface area contributed by atoms with Crippen LogP contribution in [0, 0.1) is 5.82 Å². The molecule has 0 aliphatic carbocycles. The first-order chi connectivity index (χ1) is 8.11. The highest BCUT2D eigenvalue weighted by molar-refractivity contribution is 9.10. The van der Waals surface area contributed by atoms with E-state index in [2.05, 4.69) is 15.9 Å². The highest BCUT2D eigenvalue weighted by Gasteiger charge is 2.17. The molecule has 1 heterocycles. The zero-order chi connectivity index (χ0) is 12.4. The van der Waals surface area contributed by atoms with Gasteiger partial charge in [-0.05, 0) is 40.2 Å². The molecular weight excluding hydrogens is 307 g/mol. The van der Waals surface area contributed by atoms with Crippen molar-refractivity contribution in [3.05, 3.63) is 50.4 Å². The minimum absolute atomic E-state index is 0.238. The van der Waals surface area contributed by atoms with Crippen molar-refractivity contribution in [1.82, 2.24) is 0 Å². The number of thiophene rings is 1. The molecule has 0 radical (unpaired) electrons. The number of ketones is 1. The Morgan fingerprint density at radius 3 is 2.76 bits per heavy atom. The molecule has 0 aliphatic rings. The smallest absolute Gasteiger partial charge is 0.206 e. The summed E-state index contributed by atoms with van der Waals surface area (Å²) in [6.07, 6.45) is 0. The van der Waals surface area contributed by atoms with E-state index in [4.69, 9.17) is 4.74 Å². The molecule has 17 heavy (non-hydrogen) atoms. The van der Waals surface area contributed by atoms with Crippen molar-refractivity contribution in [2.75, 3.05) is 7.11 Å². The van der Waals surface area contributed by atoms with Crippen LogP contribution >= 0.6 is 27.3 Å². The SMILES string of the molecule is COc1ccc(F)cc1C(=O)c1cc(Br)cs1. The summed E-state index contributed by atoms with van der Waals surface area (Å²) < 4.78 is 19.0. The maximum Gasteiger partial charge on any atom is 0.206 e. The molecule has 1 aromatic heterocycles. The quantitative estimate of drug-likeness (QED) is 0.803. The third-order valence-corrected chi connectivity index (χ3v) is 3.89. The summed E-state index contributed by atoms with van der Waals surface area (Å²) in [5.41, 5.74) is 0.238. The number of hydrogen-bond acceptors (Lipinski definition) is 3. The number of rotatable bonds is 3. The van der Waals surface area contributed by atoms with Gasteiger partial charge in [-0.25, -0.2) is 4.39 Å². The van der Waals surface area contributed by atoms with E-state index in [0.29, 0.717) is 10.6 Å². The Kier molecular flexibility index (Phi) is 3.59. The summed E-state index contributed by atoms with van der Waals surface area (Å²) in [6.45, 7) is 0. The van der Waals surface area contributed by atoms with Crippen molar-refractivity contribution in [3.63, 3.8) is 0 Å². The van der Waals surface area contributed by atoms with Crippen LogP contribution in [-0.4, -0.2) is 12.9 Å². The van der Waals surface area contributed by atoms with Gasteiger partial charge in [0.15, 0.2) is 0 Å². The molecule has 0 spiro atoms. The Hall–Kier alpha value is -1.20. The molecule has 2 aromatic rings. The summed E-state index contributed by atoms with van der Waals surface area (Å²) in [5.74, 6) is -0.317. The van der Waals surface area contributed by atoms with Crippen LogP contribution in [0.1, 0.15) is 15.2 Å². The first kappa shape index (κ1) is 12.3. The molecule has 88 valence electrons. The highest BCUT2D eigenvalue weighted by atomic mass is 79.9. The van der Waals surface area contributed by atoms with Gasteiger partial charge in [0.2, 0.25) is 5.78 Å². The molecule has 0 unspecified atom stereocenters. The van der Waals surface area contributed by atoms with Gasteiger partial charge in [0.05, 0.1) is 17.6 Å². The molecule has 0 atom stereocenters. The van der Waals surface area contributed by atoms with Crippen LogP contribution in [0.15, 0.2) is 34.1 Å². The fourth-order valence-corrected chi connectivity index (χ4v) is 2.80. The van der Waals surface area contributed by atoms with E-state index in [-0.39, 0.29) is 11.3 Å². The first-order valence-electron chi connectivity index (χ1n) is 4.74. The van der Waals surface area contributed by atoms with Crippen LogP contribution in [0.25, 0.3) is 0 Å². The normalized spacial score (nSPS) is 10.3. The van der Waals surface area contributed by atoms with E-state index in [1.54, 1.807) is 11.4 Å². The van der Waals surface area contributed by atoms with Crippen LogP contribution in [-0.2, 0) is 0 Å². The summed E-state index contributed by atoms with van der Waals surface area (Å²) in [7, 11) is 1.45. The predicted octanol–water partition coefficient (Wildman–Crippen LogP) is 3.89. The highest BCUT2D eigenvalue weighted by Crippen LogP contribution is 2.27. The second kappa shape index (κ2) is 4.98. The lowest BCUT2D eigenvalue weighted by atomic mass is 10.1. The molecule has 5 heteroatoms. The van der Waals surface area contributed by atoms with Gasteiger partial charge in [0.1, 0.15) is 11.6 Å². The third kappa shape index (κ3) is 2.56. The standard InChI is InChI=1S/C12H8BrFO2S/c1-16-10-3-2-8(14)5-9(10)12(15)11-4-7(13)6-17-11/h2-6H,1H3. The van der Waals surface area contributed by atoms with Gasteiger partial charge in [-0.1, -0.05) is 0 Å². The molecular formula is C12H8BrFO2S. The number of hydrogen-bond donors (Lipinski definition) is 0. The lowest BCUT2D eigenvalue weighted by Gasteiger charge is -2.06. The lowest BCUT2D eigenvalue weighted by Crippen LogP contribution is -2.02. The topological polar surface area (TPSA) is 26.3 Å². The Labute approximate surface area is 110 Å². The average Bonchev–Trinajstić information content (AvgIpc) is 2.75. The van der Waals surface area contributed by atoms with Crippen LogP contribution in [0.3, 0.4) is 0 Å². The van der Waals surface area contributed by atoms with Crippen molar-refractivity contribution in [3.8, 4) is 5.75 Å². The zero-order valence-corrected chi connectivity index (χ0v) is 11.3. The van der Waals surface area contributed by atoms with Gasteiger partial charge in [-0.2, -0.15) is 0 Å². The Morgan fingerprint density at radius 2 is 2.18 bits per heavy atom. The van der Waals surface area contributed by atoms with E-state index in [9.17, 15) is 9.18 Å². The number of halogens is 2. The third-order valence-electron chi connectivity index (χ3n) is 2.20. The Morgan fingerprint density at radius 1 is 1.41 bits per heavy atom. The van der Waals surface area contributed by atoms with Crippen molar-refractivity contribution >= 4 is 33.0 Å². The summed E-state index contributed by atoms with van der Waals surface area (Å²) in [5, 5.41) is 1.80. The maximum atomic E-state index is 13.2. The number of carbonyl (C=O) groups excluding carboxylic acids is 1. The molecule has 2 rings (SSSR count). The van der Waals surface area contributed by atoms with Crippen molar-refractivity contribution in [1.29, 1.82) is 0 Å². The van der Waals surface area contributed by atoms with Gasteiger partial charge in [0, 0.05) is 9.85 Å². The zero-order valence-electron chi connectivity index (χ0n) is 8.87. The number of carbonyl (C=O) groups is 1. The largest absolute Gasteiger partial charge is 0.496 e. The fourth-order valence-electron chi connectivity index (χ4n) is 1.42. The monoisotopic (exact) mass is 314 g/mol. The Balaban J connectivity index is 2.46. The minimum Gasteiger partial charge on any atom is -0.496 e. The lowest BCUT2D eigenvalue weighted by molar-refractivity contribution is 0.103. The van der Waals surface area contributed by atoms with Crippen molar-refractivity contribution in [2.45, 2.75) is 0 Å². The van der Waals surface area contributed by atoms with Crippen LogP contribution in [0.5, 0.6) is 5.75 Å². The van der Waals surface area contributed by atoms with Crippen molar-refractivity contribution < 1.29 is 13.9 Å². The summed E-state index contributed by atoms with van der Waals surface area (Å²) in [6, 6.07) is 5.61. The van der Waals surface area contributed by atoms with Crippen LogP contribution < -0.4 is 4.74 Å². The predicted molar refractivity (Wildman–Crippen MR) is 68.4 cm³/mol. The van der Waals surface area contributed by atoms with E-state index in [1.165, 1.54) is 36.6 Å². The molecule has 0 saturated carbocycles. The molecule has 0 saturated heterocycles. The average molecular weight is 315 g/mol. The van der Waals surface area contributed by atoms with E-state index < -0.39 is 5.82 Å². The van der Waals surface area contributed by atoms with Gasteiger partial charge in [-0.15, -0.1) is 11.3 Å². The second-order valence-electron chi connectivity index (χ2n) is 3.30. The fraction of sp³-hybridized carbons (Fsp3) is 0.0833. The molecule has 0 fully saturated rings. The van der Waals surface area contributed by atoms with Crippen molar-refractivity contribution in [2.24, 2.45) is 0 Å².